The summed E-state index contributed by atoms with van der Waals surface area (Å²) in [6.07, 6.45) is -0.704. The van der Waals surface area contributed by atoms with Crippen LogP contribution in [-0.4, -0.2) is 47.2 Å². The fourth-order valence-corrected chi connectivity index (χ4v) is 4.56. The second-order valence-electron chi connectivity index (χ2n) is 8.25. The van der Waals surface area contributed by atoms with Crippen molar-refractivity contribution in [2.24, 2.45) is 0 Å². The van der Waals surface area contributed by atoms with Crippen LogP contribution in [0, 0.1) is 0 Å². The van der Waals surface area contributed by atoms with Gasteiger partial charge in [-0.05, 0) is 54.3 Å². The second-order valence-corrected chi connectivity index (χ2v) is 8.66. The van der Waals surface area contributed by atoms with Crippen molar-refractivity contribution in [3.05, 3.63) is 88.4 Å². The highest BCUT2D eigenvalue weighted by molar-refractivity contribution is 6.33. The van der Waals surface area contributed by atoms with Gasteiger partial charge in [0.25, 0.3) is 5.91 Å². The van der Waals surface area contributed by atoms with Gasteiger partial charge < -0.3 is 14.7 Å². The number of hydrogen-bond acceptors (Lipinski definition) is 4. The summed E-state index contributed by atoms with van der Waals surface area (Å²) < 4.78 is 5.56. The lowest BCUT2D eigenvalue weighted by Gasteiger charge is -2.25. The molecule has 1 aliphatic rings. The average Bonchev–Trinajstić information content (AvgIpc) is 3.18. The molecule has 0 aliphatic heterocycles. The molecule has 1 aliphatic carbocycles. The first-order valence-corrected chi connectivity index (χ1v) is 11.6. The van der Waals surface area contributed by atoms with Gasteiger partial charge in [0.05, 0.1) is 10.7 Å². The number of anilines is 1. The van der Waals surface area contributed by atoms with Gasteiger partial charge in [-0.25, -0.2) is 9.59 Å². The Morgan fingerprint density at radius 1 is 1.03 bits per heavy atom. The Bertz CT molecular complexity index is 1250. The van der Waals surface area contributed by atoms with Crippen molar-refractivity contribution in [2.45, 2.75) is 25.8 Å². The van der Waals surface area contributed by atoms with Crippen LogP contribution in [0.4, 0.5) is 10.5 Å². The molecule has 35 heavy (non-hydrogen) atoms. The number of fused-ring (bicyclic) bond motifs is 3. The Balaban J connectivity index is 1.47. The van der Waals surface area contributed by atoms with Crippen LogP contribution in [0.25, 0.3) is 11.1 Å². The fourth-order valence-electron chi connectivity index (χ4n) is 4.39. The molecule has 180 valence electrons. The maximum absolute atomic E-state index is 12.9. The lowest BCUT2D eigenvalue weighted by molar-refractivity contribution is -0.141. The summed E-state index contributed by atoms with van der Waals surface area (Å²) in [5.41, 5.74) is 4.86. The van der Waals surface area contributed by atoms with Gasteiger partial charge >= 0.3 is 12.1 Å². The van der Waals surface area contributed by atoms with E-state index in [0.717, 1.165) is 22.3 Å². The van der Waals surface area contributed by atoms with Crippen molar-refractivity contribution in [2.75, 3.05) is 18.5 Å². The molecule has 4 rings (SSSR count). The third-order valence-electron chi connectivity index (χ3n) is 6.22. The second kappa shape index (κ2) is 10.2. The molecule has 2 amide bonds. The molecule has 1 unspecified atom stereocenters. The van der Waals surface area contributed by atoms with Crippen molar-refractivity contribution in [3.63, 3.8) is 0 Å². The third kappa shape index (κ3) is 4.86. The van der Waals surface area contributed by atoms with Crippen LogP contribution < -0.4 is 5.32 Å². The minimum atomic E-state index is -1.11. The maximum atomic E-state index is 12.9. The zero-order valence-electron chi connectivity index (χ0n) is 19.3. The summed E-state index contributed by atoms with van der Waals surface area (Å²) in [4.78, 5) is 38.1. The van der Waals surface area contributed by atoms with Gasteiger partial charge in [-0.2, -0.15) is 0 Å². The van der Waals surface area contributed by atoms with E-state index in [1.807, 2.05) is 36.4 Å². The lowest BCUT2D eigenvalue weighted by atomic mass is 9.98. The number of carboxylic acid groups (broad SMARTS) is 1. The molecule has 0 fully saturated rings. The molecule has 1 atom stereocenters. The minimum Gasteiger partial charge on any atom is -0.480 e. The molecule has 0 heterocycles. The molecule has 0 saturated carbocycles. The average molecular weight is 493 g/mol. The van der Waals surface area contributed by atoms with Crippen LogP contribution in [0.2, 0.25) is 5.02 Å². The maximum Gasteiger partial charge on any atom is 0.411 e. The number of carboxylic acids is 1. The number of ether oxygens (including phenoxy) is 1. The van der Waals surface area contributed by atoms with Crippen molar-refractivity contribution in [1.29, 1.82) is 0 Å². The number of rotatable bonds is 7. The summed E-state index contributed by atoms with van der Waals surface area (Å²) in [5.74, 6) is -1.67. The van der Waals surface area contributed by atoms with E-state index in [4.69, 9.17) is 16.3 Å². The fraction of sp³-hybridized carbons (Fsp3) is 0.222. The first-order valence-electron chi connectivity index (χ1n) is 11.3. The van der Waals surface area contributed by atoms with Crippen molar-refractivity contribution >= 4 is 35.3 Å². The summed E-state index contributed by atoms with van der Waals surface area (Å²) in [6, 6.07) is 19.5. The molecule has 2 N–H and O–H groups in total. The predicted molar refractivity (Wildman–Crippen MR) is 134 cm³/mol. The highest BCUT2D eigenvalue weighted by Crippen LogP contribution is 2.44. The molecule has 3 aromatic rings. The third-order valence-corrected chi connectivity index (χ3v) is 6.55. The topological polar surface area (TPSA) is 95.9 Å². The normalized spacial score (nSPS) is 12.9. The van der Waals surface area contributed by atoms with Crippen LogP contribution in [0.3, 0.4) is 0 Å². The molecule has 0 radical (unpaired) electrons. The number of likely N-dealkylation sites (N-methyl/N-ethyl adjacent to an activating group) is 1. The molecule has 0 spiro atoms. The minimum absolute atomic E-state index is 0.0906. The zero-order chi connectivity index (χ0) is 25.1. The number of aliphatic carboxylic acids is 1. The summed E-state index contributed by atoms with van der Waals surface area (Å²) in [7, 11) is 0. The molecule has 0 bridgehead atoms. The Morgan fingerprint density at radius 2 is 1.63 bits per heavy atom. The van der Waals surface area contributed by atoms with E-state index in [2.05, 4.69) is 17.4 Å². The van der Waals surface area contributed by atoms with Gasteiger partial charge in [0.1, 0.15) is 12.6 Å². The number of benzene rings is 3. The van der Waals surface area contributed by atoms with E-state index in [1.54, 1.807) is 6.92 Å². The molecule has 7 nitrogen and oxygen atoms in total. The number of carbonyl (C=O) groups excluding carboxylic acids is 2. The van der Waals surface area contributed by atoms with Gasteiger partial charge in [-0.3, -0.25) is 10.1 Å². The van der Waals surface area contributed by atoms with Crippen molar-refractivity contribution in [1.82, 2.24) is 4.90 Å². The number of nitrogens with zero attached hydrogens (tertiary/aromatic N) is 1. The number of carbonyl (C=O) groups is 3. The Hall–Kier alpha value is -3.84. The standard InChI is InChI=1S/C27H25ClN2O5/c1-3-30(16(2)26(32)33)25(31)17-12-13-23(28)24(14-17)29-27(34)35-15-22-20-10-6-4-8-18(20)19-9-5-7-11-21(19)22/h4-14,16,22H,3,15H2,1-2H3,(H,29,34)(H,32,33). The van der Waals surface area contributed by atoms with E-state index in [9.17, 15) is 19.5 Å². The Labute approximate surface area is 208 Å². The lowest BCUT2D eigenvalue weighted by Crippen LogP contribution is -2.43. The number of nitrogens with one attached hydrogen (secondary N) is 1. The van der Waals surface area contributed by atoms with Crippen LogP contribution in [0.15, 0.2) is 66.7 Å². The summed E-state index contributed by atoms with van der Waals surface area (Å²) in [5, 5.41) is 12.1. The highest BCUT2D eigenvalue weighted by atomic mass is 35.5. The molecular weight excluding hydrogens is 468 g/mol. The van der Waals surface area contributed by atoms with Crippen molar-refractivity contribution < 1.29 is 24.2 Å². The highest BCUT2D eigenvalue weighted by Gasteiger charge is 2.29. The quantitative estimate of drug-likeness (QED) is 0.445. The van der Waals surface area contributed by atoms with Gasteiger partial charge in [0, 0.05) is 18.0 Å². The summed E-state index contributed by atoms with van der Waals surface area (Å²) in [6.45, 7) is 3.48. The summed E-state index contributed by atoms with van der Waals surface area (Å²) >= 11 is 6.24. The zero-order valence-corrected chi connectivity index (χ0v) is 20.1. The molecule has 0 aromatic heterocycles. The van der Waals surface area contributed by atoms with E-state index < -0.39 is 24.0 Å². The Morgan fingerprint density at radius 3 is 2.20 bits per heavy atom. The number of halogens is 1. The van der Waals surface area contributed by atoms with E-state index in [1.165, 1.54) is 30.0 Å². The predicted octanol–water partition coefficient (Wildman–Crippen LogP) is 5.64. The number of amides is 2. The van der Waals surface area contributed by atoms with Gasteiger partial charge in [-0.1, -0.05) is 60.1 Å². The van der Waals surface area contributed by atoms with Crippen molar-refractivity contribution in [3.8, 4) is 11.1 Å². The smallest absolute Gasteiger partial charge is 0.411 e. The van der Waals surface area contributed by atoms with Gasteiger partial charge in [0.15, 0.2) is 0 Å². The van der Waals surface area contributed by atoms with Crippen LogP contribution in [0.5, 0.6) is 0 Å². The van der Waals surface area contributed by atoms with Gasteiger partial charge in [0.2, 0.25) is 0 Å². The van der Waals surface area contributed by atoms with Crippen LogP contribution >= 0.6 is 11.6 Å². The molecule has 0 saturated heterocycles. The first-order chi connectivity index (χ1) is 16.8. The first kappa shape index (κ1) is 24.3. The van der Waals surface area contributed by atoms with E-state index in [-0.39, 0.29) is 35.3 Å². The van der Waals surface area contributed by atoms with E-state index >= 15 is 0 Å². The van der Waals surface area contributed by atoms with E-state index in [0.29, 0.717) is 0 Å². The van der Waals surface area contributed by atoms with Crippen LogP contribution in [-0.2, 0) is 9.53 Å². The SMILES string of the molecule is CCN(C(=O)c1ccc(Cl)c(NC(=O)OCC2c3ccccc3-c3ccccc32)c1)C(C)C(=O)O. The monoisotopic (exact) mass is 492 g/mol. The van der Waals surface area contributed by atoms with Gasteiger partial charge in [-0.15, -0.1) is 0 Å². The largest absolute Gasteiger partial charge is 0.480 e. The van der Waals surface area contributed by atoms with Crippen LogP contribution in [0.1, 0.15) is 41.3 Å². The molecular formula is C27H25ClN2O5. The Kier molecular flexibility index (Phi) is 7.07. The molecule has 3 aromatic carbocycles. The number of hydrogen-bond donors (Lipinski definition) is 2. The molecule has 8 heteroatoms.